The second kappa shape index (κ2) is 6.45. The van der Waals surface area contributed by atoms with Gasteiger partial charge in [0.15, 0.2) is 0 Å². The first kappa shape index (κ1) is 16.8. The zero-order chi connectivity index (χ0) is 16.7. The maximum absolute atomic E-state index is 11.2. The van der Waals surface area contributed by atoms with Gasteiger partial charge in [-0.15, -0.1) is 0 Å². The van der Waals surface area contributed by atoms with Crippen LogP contribution in [0.4, 0.5) is 0 Å². The van der Waals surface area contributed by atoms with Gasteiger partial charge in [0.05, 0.1) is 18.9 Å². The van der Waals surface area contributed by atoms with Crippen LogP contribution in [-0.2, 0) is 14.3 Å². The molecule has 0 saturated heterocycles. The van der Waals surface area contributed by atoms with E-state index >= 15 is 0 Å². The first-order chi connectivity index (χ1) is 11.0. The number of hydrogen-bond donors (Lipinski definition) is 1. The minimum absolute atomic E-state index is 0.0237. The molecule has 4 bridgehead atoms. The van der Waals surface area contributed by atoms with Crippen molar-refractivity contribution in [2.24, 2.45) is 47.3 Å². The number of ether oxygens (including phenoxy) is 1. The van der Waals surface area contributed by atoms with Crippen molar-refractivity contribution < 1.29 is 19.4 Å². The highest BCUT2D eigenvalue weighted by Crippen LogP contribution is 2.68. The second-order valence-electron chi connectivity index (χ2n) is 8.16. The number of aliphatic carboxylic acids is 1. The molecule has 0 aromatic rings. The number of rotatable bonds is 3. The van der Waals surface area contributed by atoms with Crippen LogP contribution in [0.15, 0.2) is 0 Å². The molecule has 23 heavy (non-hydrogen) atoms. The summed E-state index contributed by atoms with van der Waals surface area (Å²) < 4.78 is 4.46. The molecule has 4 saturated carbocycles. The van der Waals surface area contributed by atoms with Crippen LogP contribution in [0.1, 0.15) is 52.4 Å². The standard InChI is InChI=1S/C13H18O2.C6H12O2/c14-13(15)10-5-8-4-9(10)12-7-2-1-6(3-7)11(8)12;1-4-5(2)6(7)8-3/h6-12H,1-5H2,(H,14,15);5H,4H2,1-3H3. The molecule has 4 aliphatic rings. The van der Waals surface area contributed by atoms with E-state index in [1.54, 1.807) is 0 Å². The van der Waals surface area contributed by atoms with Crippen molar-refractivity contribution in [3.8, 4) is 0 Å². The first-order valence-electron chi connectivity index (χ1n) is 9.28. The Morgan fingerprint density at radius 3 is 2.26 bits per heavy atom. The molecular weight excluding hydrogens is 292 g/mol. The van der Waals surface area contributed by atoms with Gasteiger partial charge in [0.25, 0.3) is 0 Å². The topological polar surface area (TPSA) is 63.6 Å². The number of carbonyl (C=O) groups is 2. The summed E-state index contributed by atoms with van der Waals surface area (Å²) in [5, 5.41) is 9.23. The fourth-order valence-electron chi connectivity index (χ4n) is 6.22. The van der Waals surface area contributed by atoms with Crippen molar-refractivity contribution in [1.82, 2.24) is 0 Å². The molecule has 130 valence electrons. The predicted molar refractivity (Wildman–Crippen MR) is 86.6 cm³/mol. The van der Waals surface area contributed by atoms with E-state index in [1.807, 2.05) is 13.8 Å². The molecule has 0 amide bonds. The Morgan fingerprint density at radius 2 is 1.74 bits per heavy atom. The molecule has 0 aromatic heterocycles. The van der Waals surface area contributed by atoms with Gasteiger partial charge in [-0.1, -0.05) is 13.8 Å². The average Bonchev–Trinajstić information content (AvgIpc) is 3.31. The summed E-state index contributed by atoms with van der Waals surface area (Å²) >= 11 is 0. The Balaban J connectivity index is 0.000000170. The zero-order valence-corrected chi connectivity index (χ0v) is 14.5. The minimum atomic E-state index is -0.510. The van der Waals surface area contributed by atoms with Gasteiger partial charge < -0.3 is 9.84 Å². The molecule has 0 heterocycles. The van der Waals surface area contributed by atoms with E-state index in [4.69, 9.17) is 0 Å². The summed E-state index contributed by atoms with van der Waals surface area (Å²) in [4.78, 5) is 21.7. The van der Waals surface area contributed by atoms with Crippen LogP contribution < -0.4 is 0 Å². The largest absolute Gasteiger partial charge is 0.481 e. The lowest BCUT2D eigenvalue weighted by molar-refractivity contribution is -0.146. The molecule has 4 fully saturated rings. The zero-order valence-electron chi connectivity index (χ0n) is 14.5. The number of carboxylic acids is 1. The van der Waals surface area contributed by atoms with E-state index in [0.29, 0.717) is 5.92 Å². The number of carboxylic acid groups (broad SMARTS) is 1. The molecule has 4 nitrogen and oxygen atoms in total. The highest BCUT2D eigenvalue weighted by atomic mass is 16.5. The highest BCUT2D eigenvalue weighted by molar-refractivity contribution is 5.71. The SMILES string of the molecule is CCC(C)C(=O)OC.O=C(O)C1CC2CC1C1C3CCC(C3)C21. The quantitative estimate of drug-likeness (QED) is 0.637. The van der Waals surface area contributed by atoms with Crippen molar-refractivity contribution in [3.63, 3.8) is 0 Å². The number of carbonyl (C=O) groups excluding carboxylic acids is 1. The lowest BCUT2D eigenvalue weighted by Crippen LogP contribution is -2.35. The maximum Gasteiger partial charge on any atom is 0.308 e. The van der Waals surface area contributed by atoms with Gasteiger partial charge in [-0.25, -0.2) is 0 Å². The average molecular weight is 322 g/mol. The number of methoxy groups -OCH3 is 1. The minimum Gasteiger partial charge on any atom is -0.481 e. The molecule has 4 heteroatoms. The molecule has 1 N–H and O–H groups in total. The summed E-state index contributed by atoms with van der Waals surface area (Å²) in [6.45, 7) is 3.81. The highest BCUT2D eigenvalue weighted by Gasteiger charge is 2.63. The van der Waals surface area contributed by atoms with Gasteiger partial charge in [0.1, 0.15) is 0 Å². The number of hydrogen-bond acceptors (Lipinski definition) is 3. The van der Waals surface area contributed by atoms with Gasteiger partial charge in [-0.3, -0.25) is 9.59 Å². The van der Waals surface area contributed by atoms with Crippen LogP contribution in [0, 0.1) is 47.3 Å². The van der Waals surface area contributed by atoms with Gasteiger partial charge in [-0.2, -0.15) is 0 Å². The van der Waals surface area contributed by atoms with Crippen molar-refractivity contribution in [1.29, 1.82) is 0 Å². The third kappa shape index (κ3) is 2.78. The van der Waals surface area contributed by atoms with Crippen LogP contribution in [0.3, 0.4) is 0 Å². The fourth-order valence-corrected chi connectivity index (χ4v) is 6.22. The molecule has 4 rings (SSSR count). The van der Waals surface area contributed by atoms with E-state index in [1.165, 1.54) is 32.8 Å². The summed E-state index contributed by atoms with van der Waals surface area (Å²) in [5.41, 5.74) is 0. The molecule has 0 aliphatic heterocycles. The molecular formula is C19H30O4. The van der Waals surface area contributed by atoms with Crippen LogP contribution in [0.25, 0.3) is 0 Å². The molecule has 0 radical (unpaired) electrons. The van der Waals surface area contributed by atoms with E-state index < -0.39 is 5.97 Å². The predicted octanol–water partition coefficient (Wildman–Crippen LogP) is 3.59. The third-order valence-corrected chi connectivity index (χ3v) is 7.27. The normalized spacial score (nSPS) is 43.5. The van der Waals surface area contributed by atoms with E-state index in [0.717, 1.165) is 42.4 Å². The summed E-state index contributed by atoms with van der Waals surface area (Å²) in [7, 11) is 1.41. The van der Waals surface area contributed by atoms with Crippen molar-refractivity contribution in [3.05, 3.63) is 0 Å². The third-order valence-electron chi connectivity index (χ3n) is 7.27. The lowest BCUT2D eigenvalue weighted by atomic mass is 9.67. The number of esters is 1. The number of fused-ring (bicyclic) bond motifs is 9. The Labute approximate surface area is 139 Å². The van der Waals surface area contributed by atoms with E-state index in [-0.39, 0.29) is 17.8 Å². The van der Waals surface area contributed by atoms with Gasteiger partial charge in [0, 0.05) is 0 Å². The fraction of sp³-hybridized carbons (Fsp3) is 0.895. The molecule has 0 aromatic carbocycles. The Hall–Kier alpha value is -1.06. The Bertz CT molecular complexity index is 474. The van der Waals surface area contributed by atoms with Crippen LogP contribution >= 0.6 is 0 Å². The molecule has 8 unspecified atom stereocenters. The van der Waals surface area contributed by atoms with Crippen molar-refractivity contribution in [2.75, 3.05) is 7.11 Å². The smallest absolute Gasteiger partial charge is 0.308 e. The second-order valence-corrected chi connectivity index (χ2v) is 8.16. The van der Waals surface area contributed by atoms with Crippen LogP contribution in [0.5, 0.6) is 0 Å². The van der Waals surface area contributed by atoms with Crippen molar-refractivity contribution >= 4 is 11.9 Å². The van der Waals surface area contributed by atoms with E-state index in [9.17, 15) is 14.7 Å². The van der Waals surface area contributed by atoms with Gasteiger partial charge in [-0.05, 0) is 74.0 Å². The monoisotopic (exact) mass is 322 g/mol. The van der Waals surface area contributed by atoms with Crippen LogP contribution in [0.2, 0.25) is 0 Å². The van der Waals surface area contributed by atoms with Gasteiger partial charge in [0.2, 0.25) is 0 Å². The van der Waals surface area contributed by atoms with Gasteiger partial charge >= 0.3 is 11.9 Å². The van der Waals surface area contributed by atoms with E-state index in [2.05, 4.69) is 4.74 Å². The summed E-state index contributed by atoms with van der Waals surface area (Å²) in [6.07, 6.45) is 7.40. The molecule has 4 aliphatic carbocycles. The molecule has 8 atom stereocenters. The molecule has 0 spiro atoms. The first-order valence-corrected chi connectivity index (χ1v) is 9.28. The summed E-state index contributed by atoms with van der Waals surface area (Å²) in [6, 6.07) is 0. The Kier molecular flexibility index (Phi) is 4.70. The van der Waals surface area contributed by atoms with Crippen molar-refractivity contribution in [2.45, 2.75) is 52.4 Å². The Morgan fingerprint density at radius 1 is 1.09 bits per heavy atom. The maximum atomic E-state index is 11.2. The summed E-state index contributed by atoms with van der Waals surface area (Å²) in [5.74, 6) is 4.48. The van der Waals surface area contributed by atoms with Crippen LogP contribution in [-0.4, -0.2) is 24.2 Å². The lowest BCUT2D eigenvalue weighted by Gasteiger charge is -2.37.